The van der Waals surface area contributed by atoms with E-state index in [2.05, 4.69) is 0 Å². The van der Waals surface area contributed by atoms with Crippen molar-refractivity contribution in [3.8, 4) is 0 Å². The summed E-state index contributed by atoms with van der Waals surface area (Å²) in [5.41, 5.74) is -2.91. The minimum atomic E-state index is -2.19. The topological polar surface area (TPSA) is 172 Å². The first-order valence-corrected chi connectivity index (χ1v) is 13.2. The molecule has 3 aliphatic rings. The van der Waals surface area contributed by atoms with Crippen LogP contribution in [0, 0.1) is 17.3 Å². The molecule has 1 saturated heterocycles. The zero-order valence-electron chi connectivity index (χ0n) is 23.8. The Bertz CT molecular complexity index is 1120. The van der Waals surface area contributed by atoms with E-state index in [1.807, 2.05) is 0 Å². The maximum atomic E-state index is 12.9. The van der Waals surface area contributed by atoms with E-state index in [9.17, 15) is 34.2 Å². The maximum absolute atomic E-state index is 12.9. The first kappa shape index (κ1) is 31.3. The molecule has 1 fully saturated rings. The van der Waals surface area contributed by atoms with E-state index in [-0.39, 0.29) is 18.4 Å². The molecule has 0 spiro atoms. The standard InChI is InChI=1S/C28H38O12/c1-13-8-9-21(37-16(4)30)27(7)22(38-17(5)31)11-20(33)19(12-36-15(3)29)10-23-28(35,14(2)26(34)40-23)25(24(13)27)39-18(6)32/h8,10,14,20-25,33,35H,9,11-12H2,1-7H3/b19-10-/t14-,20+,21+,22-,23-,24+,25-,27+,28+/m0/s1. The van der Waals surface area contributed by atoms with Crippen molar-refractivity contribution in [2.45, 2.75) is 97.4 Å². The lowest BCUT2D eigenvalue weighted by Gasteiger charge is -2.54. The van der Waals surface area contributed by atoms with Crippen LogP contribution in [0.5, 0.6) is 0 Å². The third-order valence-corrected chi connectivity index (χ3v) is 8.29. The van der Waals surface area contributed by atoms with E-state index < -0.39 is 89.8 Å². The fourth-order valence-electron chi connectivity index (χ4n) is 6.27. The molecule has 12 nitrogen and oxygen atoms in total. The molecule has 0 radical (unpaired) electrons. The van der Waals surface area contributed by atoms with Crippen LogP contribution in [0.1, 0.15) is 61.3 Å². The summed E-state index contributed by atoms with van der Waals surface area (Å²) in [7, 11) is 0. The molecule has 40 heavy (non-hydrogen) atoms. The first-order chi connectivity index (χ1) is 18.5. The second kappa shape index (κ2) is 11.7. The minimum Gasteiger partial charge on any atom is -0.462 e. The Morgan fingerprint density at radius 3 is 2.12 bits per heavy atom. The highest BCUT2D eigenvalue weighted by molar-refractivity contribution is 5.78. The fourth-order valence-corrected chi connectivity index (χ4v) is 6.27. The Morgan fingerprint density at radius 2 is 1.57 bits per heavy atom. The van der Waals surface area contributed by atoms with Crippen LogP contribution in [0.25, 0.3) is 0 Å². The van der Waals surface area contributed by atoms with Crippen molar-refractivity contribution in [2.75, 3.05) is 6.61 Å². The van der Waals surface area contributed by atoms with Gasteiger partial charge in [-0.25, -0.2) is 0 Å². The molecule has 222 valence electrons. The summed E-state index contributed by atoms with van der Waals surface area (Å²) in [6, 6.07) is 0. The highest BCUT2D eigenvalue weighted by Crippen LogP contribution is 2.55. The monoisotopic (exact) mass is 566 g/mol. The average molecular weight is 567 g/mol. The van der Waals surface area contributed by atoms with Gasteiger partial charge in [0.1, 0.15) is 24.9 Å². The third kappa shape index (κ3) is 5.78. The lowest BCUT2D eigenvalue weighted by molar-refractivity contribution is -0.218. The number of rotatable bonds is 5. The first-order valence-electron chi connectivity index (χ1n) is 13.2. The number of aliphatic hydroxyl groups is 2. The van der Waals surface area contributed by atoms with Gasteiger partial charge in [-0.2, -0.15) is 0 Å². The molecule has 0 aromatic heterocycles. The van der Waals surface area contributed by atoms with E-state index in [1.54, 1.807) is 19.9 Å². The van der Waals surface area contributed by atoms with Crippen molar-refractivity contribution in [3.63, 3.8) is 0 Å². The number of ether oxygens (including phenoxy) is 5. The SMILES string of the molecule is CC(=O)OC/C1=C/[C@@H]2OC(=O)[C@H](C)[C@]2(O)[C@@H](OC(C)=O)[C@H]2C(C)=CC[C@@H](OC(C)=O)[C@]2(C)[C@@H](OC(C)=O)C[C@H]1O. The molecule has 0 unspecified atom stereocenters. The highest BCUT2D eigenvalue weighted by Gasteiger charge is 2.67. The molecule has 0 aromatic rings. The Morgan fingerprint density at radius 1 is 1.00 bits per heavy atom. The van der Waals surface area contributed by atoms with E-state index in [0.717, 1.165) is 6.92 Å². The van der Waals surface area contributed by atoms with Crippen LogP contribution in [0.2, 0.25) is 0 Å². The summed E-state index contributed by atoms with van der Waals surface area (Å²) in [5, 5.41) is 23.8. The molecule has 9 atom stereocenters. The van der Waals surface area contributed by atoms with Crippen molar-refractivity contribution in [2.24, 2.45) is 17.3 Å². The quantitative estimate of drug-likeness (QED) is 0.278. The number of carbonyl (C=O) groups excluding carboxylic acids is 5. The molecule has 1 heterocycles. The van der Waals surface area contributed by atoms with Crippen LogP contribution in [0.4, 0.5) is 0 Å². The van der Waals surface area contributed by atoms with Gasteiger partial charge >= 0.3 is 29.8 Å². The highest BCUT2D eigenvalue weighted by atomic mass is 16.6. The summed E-state index contributed by atoms with van der Waals surface area (Å²) in [4.78, 5) is 61.7. The van der Waals surface area contributed by atoms with Gasteiger partial charge in [0, 0.05) is 46.5 Å². The average Bonchev–Trinajstić information content (AvgIpc) is 3.05. The van der Waals surface area contributed by atoms with Gasteiger partial charge in [-0.1, -0.05) is 18.6 Å². The zero-order chi connectivity index (χ0) is 30.2. The normalized spacial score (nSPS) is 38.7. The summed E-state index contributed by atoms with van der Waals surface area (Å²) >= 11 is 0. The van der Waals surface area contributed by atoms with Crippen molar-refractivity contribution in [1.82, 2.24) is 0 Å². The Balaban J connectivity index is 2.39. The second-order valence-corrected chi connectivity index (χ2v) is 11.0. The van der Waals surface area contributed by atoms with Crippen molar-refractivity contribution in [3.05, 3.63) is 23.3 Å². The number of hydrogen-bond donors (Lipinski definition) is 2. The van der Waals surface area contributed by atoms with Crippen LogP contribution in [-0.4, -0.2) is 82.8 Å². The maximum Gasteiger partial charge on any atom is 0.312 e. The summed E-state index contributed by atoms with van der Waals surface area (Å²) in [5.74, 6) is -5.71. The number of carbonyl (C=O) groups is 5. The zero-order valence-corrected chi connectivity index (χ0v) is 23.8. The van der Waals surface area contributed by atoms with Crippen LogP contribution in [-0.2, 0) is 47.7 Å². The van der Waals surface area contributed by atoms with E-state index in [0.29, 0.717) is 5.57 Å². The Hall–Kier alpha value is -3.25. The molecular weight excluding hydrogens is 528 g/mol. The molecule has 3 rings (SSSR count). The molecule has 0 amide bonds. The van der Waals surface area contributed by atoms with Crippen molar-refractivity contribution >= 4 is 29.8 Å². The van der Waals surface area contributed by atoms with Gasteiger partial charge < -0.3 is 33.9 Å². The molecule has 0 saturated carbocycles. The fraction of sp³-hybridized carbons (Fsp3) is 0.679. The van der Waals surface area contributed by atoms with Crippen molar-refractivity contribution in [1.29, 1.82) is 0 Å². The molecule has 1 aliphatic heterocycles. The lowest BCUT2D eigenvalue weighted by Crippen LogP contribution is -2.65. The van der Waals surface area contributed by atoms with Gasteiger partial charge in [0.15, 0.2) is 11.7 Å². The second-order valence-electron chi connectivity index (χ2n) is 11.0. The van der Waals surface area contributed by atoms with Crippen LogP contribution < -0.4 is 0 Å². The smallest absolute Gasteiger partial charge is 0.312 e. The molecule has 2 aliphatic carbocycles. The summed E-state index contributed by atoms with van der Waals surface area (Å²) < 4.78 is 28.0. The lowest BCUT2D eigenvalue weighted by atomic mass is 9.56. The molecule has 0 aromatic carbocycles. The Kier molecular flexibility index (Phi) is 9.15. The van der Waals surface area contributed by atoms with E-state index in [4.69, 9.17) is 23.7 Å². The van der Waals surface area contributed by atoms with Gasteiger partial charge in [-0.15, -0.1) is 0 Å². The molecule has 12 heteroatoms. The predicted octanol–water partition coefficient (Wildman–Crippen LogP) is 1.30. The molecule has 2 N–H and O–H groups in total. The van der Waals surface area contributed by atoms with Crippen LogP contribution in [0.3, 0.4) is 0 Å². The van der Waals surface area contributed by atoms with E-state index >= 15 is 0 Å². The van der Waals surface area contributed by atoms with Crippen LogP contribution >= 0.6 is 0 Å². The minimum absolute atomic E-state index is 0.0633. The van der Waals surface area contributed by atoms with Gasteiger partial charge in [0.2, 0.25) is 0 Å². The molecule has 0 bridgehead atoms. The predicted molar refractivity (Wildman–Crippen MR) is 136 cm³/mol. The summed E-state index contributed by atoms with van der Waals surface area (Å²) in [6.45, 7) is 9.13. The largest absolute Gasteiger partial charge is 0.462 e. The van der Waals surface area contributed by atoms with Gasteiger partial charge in [-0.05, 0) is 25.5 Å². The van der Waals surface area contributed by atoms with Crippen LogP contribution in [0.15, 0.2) is 23.3 Å². The number of esters is 5. The van der Waals surface area contributed by atoms with Gasteiger partial charge in [0.25, 0.3) is 0 Å². The number of hydrogen-bond acceptors (Lipinski definition) is 12. The third-order valence-electron chi connectivity index (χ3n) is 8.29. The number of fused-ring (bicyclic) bond motifs is 2. The molecular formula is C28H38O12. The van der Waals surface area contributed by atoms with E-state index in [1.165, 1.54) is 33.8 Å². The van der Waals surface area contributed by atoms with Gasteiger partial charge in [0.05, 0.1) is 17.4 Å². The summed E-state index contributed by atoms with van der Waals surface area (Å²) in [6.07, 6.45) is -3.40. The van der Waals surface area contributed by atoms with Crippen molar-refractivity contribution < 1.29 is 57.9 Å². The van der Waals surface area contributed by atoms with Gasteiger partial charge in [-0.3, -0.25) is 24.0 Å². The Labute approximate surface area is 232 Å². The number of aliphatic hydroxyl groups excluding tert-OH is 1.